The summed E-state index contributed by atoms with van der Waals surface area (Å²) < 4.78 is 12.8. The maximum atomic E-state index is 6.38. The van der Waals surface area contributed by atoms with Crippen LogP contribution >= 0.6 is 0 Å². The molecule has 3 aromatic carbocycles. The van der Waals surface area contributed by atoms with Crippen LogP contribution in [0.5, 0.6) is 11.5 Å². The Kier molecular flexibility index (Phi) is 2.79. The van der Waals surface area contributed by atoms with Crippen molar-refractivity contribution >= 4 is 18.9 Å². The molecule has 21 heavy (non-hydrogen) atoms. The summed E-state index contributed by atoms with van der Waals surface area (Å²) in [5.41, 5.74) is 0. The van der Waals surface area contributed by atoms with Gasteiger partial charge in [-0.3, -0.25) is 0 Å². The van der Waals surface area contributed by atoms with Crippen molar-refractivity contribution in [2.24, 2.45) is 0 Å². The fourth-order valence-corrected chi connectivity index (χ4v) is 5.73. The summed E-state index contributed by atoms with van der Waals surface area (Å²) in [6.45, 7) is 0. The molecule has 1 aliphatic rings. The monoisotopic (exact) mass is 290 g/mol. The van der Waals surface area contributed by atoms with Crippen molar-refractivity contribution in [1.82, 2.24) is 0 Å². The minimum Gasteiger partial charge on any atom is -0.502 e. The minimum absolute atomic E-state index is 0.830. The first-order valence-electron chi connectivity index (χ1n) is 6.97. The first-order chi connectivity index (χ1) is 10.4. The Labute approximate surface area is 124 Å². The molecular weight excluding hydrogens is 276 g/mol. The molecule has 0 fully saturated rings. The standard InChI is InChI=1S/C18H14O2Si/c1-3-9-15(10-4-1)21(16-11-5-2-6-12-16)19-17-13-7-8-14-18(17)20-21/h1-14H. The second kappa shape index (κ2) is 4.79. The third-order valence-electron chi connectivity index (χ3n) is 3.66. The molecule has 0 N–H and O–H groups in total. The molecule has 4 rings (SSSR count). The zero-order valence-corrected chi connectivity index (χ0v) is 12.4. The van der Waals surface area contributed by atoms with E-state index >= 15 is 0 Å². The topological polar surface area (TPSA) is 18.5 Å². The number of benzene rings is 3. The number of rotatable bonds is 2. The number of hydrogen-bond acceptors (Lipinski definition) is 2. The highest BCUT2D eigenvalue weighted by Crippen LogP contribution is 2.36. The van der Waals surface area contributed by atoms with Gasteiger partial charge in [-0.05, 0) is 12.1 Å². The molecule has 0 saturated heterocycles. The maximum Gasteiger partial charge on any atom is 0.531 e. The highest BCUT2D eigenvalue weighted by molar-refractivity contribution is 6.94. The molecule has 3 aromatic rings. The summed E-state index contributed by atoms with van der Waals surface area (Å²) in [4.78, 5) is 0. The molecule has 0 amide bonds. The number of fused-ring (bicyclic) bond motifs is 1. The van der Waals surface area contributed by atoms with Gasteiger partial charge in [-0.15, -0.1) is 0 Å². The van der Waals surface area contributed by atoms with Crippen molar-refractivity contribution in [2.75, 3.05) is 0 Å². The van der Waals surface area contributed by atoms with Crippen LogP contribution < -0.4 is 19.2 Å². The molecule has 102 valence electrons. The van der Waals surface area contributed by atoms with Crippen molar-refractivity contribution in [3.05, 3.63) is 84.9 Å². The summed E-state index contributed by atoms with van der Waals surface area (Å²) in [6, 6.07) is 28.4. The van der Waals surface area contributed by atoms with Gasteiger partial charge in [0.25, 0.3) is 0 Å². The van der Waals surface area contributed by atoms with Gasteiger partial charge in [0, 0.05) is 10.4 Å². The normalized spacial score (nSPS) is 14.9. The summed E-state index contributed by atoms with van der Waals surface area (Å²) in [5.74, 6) is 1.66. The number of hydrogen-bond donors (Lipinski definition) is 0. The van der Waals surface area contributed by atoms with Crippen LogP contribution in [-0.2, 0) is 0 Å². The van der Waals surface area contributed by atoms with E-state index in [9.17, 15) is 0 Å². The van der Waals surface area contributed by atoms with Crippen molar-refractivity contribution in [3.63, 3.8) is 0 Å². The van der Waals surface area contributed by atoms with Crippen LogP contribution in [0.25, 0.3) is 0 Å². The predicted octanol–water partition coefficient (Wildman–Crippen LogP) is 2.71. The lowest BCUT2D eigenvalue weighted by molar-refractivity contribution is 0.494. The molecule has 1 aliphatic heterocycles. The maximum absolute atomic E-state index is 6.38. The van der Waals surface area contributed by atoms with E-state index in [0.29, 0.717) is 0 Å². The lowest BCUT2D eigenvalue weighted by atomic mass is 10.3. The van der Waals surface area contributed by atoms with E-state index in [2.05, 4.69) is 24.3 Å². The van der Waals surface area contributed by atoms with Gasteiger partial charge in [-0.2, -0.15) is 0 Å². The first kappa shape index (κ1) is 12.2. The molecule has 0 spiro atoms. The van der Waals surface area contributed by atoms with Crippen LogP contribution in [0.4, 0.5) is 0 Å². The Morgan fingerprint density at radius 2 is 0.857 bits per heavy atom. The third-order valence-corrected chi connectivity index (χ3v) is 6.87. The van der Waals surface area contributed by atoms with Gasteiger partial charge in [0.15, 0.2) is 0 Å². The highest BCUT2D eigenvalue weighted by Gasteiger charge is 2.51. The largest absolute Gasteiger partial charge is 0.531 e. The van der Waals surface area contributed by atoms with Gasteiger partial charge >= 0.3 is 8.56 Å². The summed E-state index contributed by atoms with van der Waals surface area (Å²) in [7, 11) is -2.69. The summed E-state index contributed by atoms with van der Waals surface area (Å²) in [5, 5.41) is 2.24. The zero-order valence-electron chi connectivity index (χ0n) is 11.4. The smallest absolute Gasteiger partial charge is 0.502 e. The van der Waals surface area contributed by atoms with E-state index in [-0.39, 0.29) is 0 Å². The fourth-order valence-electron chi connectivity index (χ4n) is 2.67. The van der Waals surface area contributed by atoms with E-state index in [4.69, 9.17) is 8.85 Å². The average Bonchev–Trinajstić information content (AvgIpc) is 2.97. The molecule has 0 bridgehead atoms. The second-order valence-corrected chi connectivity index (χ2v) is 7.80. The molecular formula is C18H14O2Si. The van der Waals surface area contributed by atoms with E-state index in [1.54, 1.807) is 0 Å². The Morgan fingerprint density at radius 3 is 1.29 bits per heavy atom. The van der Waals surface area contributed by atoms with Crippen molar-refractivity contribution in [2.45, 2.75) is 0 Å². The molecule has 0 radical (unpaired) electrons. The lowest BCUT2D eigenvalue weighted by Crippen LogP contribution is -2.66. The molecule has 1 heterocycles. The zero-order chi connectivity index (χ0) is 14.1. The molecule has 0 aliphatic carbocycles. The predicted molar refractivity (Wildman–Crippen MR) is 85.6 cm³/mol. The van der Waals surface area contributed by atoms with Crippen LogP contribution in [0.3, 0.4) is 0 Å². The molecule has 0 saturated carbocycles. The quantitative estimate of drug-likeness (QED) is 0.676. The van der Waals surface area contributed by atoms with Gasteiger partial charge in [-0.25, -0.2) is 0 Å². The van der Waals surface area contributed by atoms with E-state index in [0.717, 1.165) is 21.9 Å². The molecule has 0 unspecified atom stereocenters. The third kappa shape index (κ3) is 1.94. The second-order valence-electron chi connectivity index (χ2n) is 5.00. The van der Waals surface area contributed by atoms with Crippen molar-refractivity contribution in [3.8, 4) is 11.5 Å². The molecule has 3 heteroatoms. The molecule has 0 atom stereocenters. The Bertz CT molecular complexity index is 690. The van der Waals surface area contributed by atoms with Crippen LogP contribution in [-0.4, -0.2) is 8.56 Å². The van der Waals surface area contributed by atoms with E-state index < -0.39 is 8.56 Å². The van der Waals surface area contributed by atoms with E-state index in [1.807, 2.05) is 60.7 Å². The van der Waals surface area contributed by atoms with Crippen LogP contribution in [0.1, 0.15) is 0 Å². The minimum atomic E-state index is -2.69. The summed E-state index contributed by atoms with van der Waals surface area (Å²) >= 11 is 0. The Morgan fingerprint density at radius 1 is 0.476 bits per heavy atom. The van der Waals surface area contributed by atoms with Crippen molar-refractivity contribution in [1.29, 1.82) is 0 Å². The fraction of sp³-hybridized carbons (Fsp3) is 0. The lowest BCUT2D eigenvalue weighted by Gasteiger charge is -2.24. The number of para-hydroxylation sites is 2. The average molecular weight is 290 g/mol. The summed E-state index contributed by atoms with van der Waals surface area (Å²) in [6.07, 6.45) is 0. The van der Waals surface area contributed by atoms with E-state index in [1.165, 1.54) is 0 Å². The van der Waals surface area contributed by atoms with Crippen LogP contribution in [0, 0.1) is 0 Å². The van der Waals surface area contributed by atoms with Gasteiger partial charge < -0.3 is 8.85 Å². The molecule has 2 nitrogen and oxygen atoms in total. The SMILES string of the molecule is c1ccc([Si]2(c3ccccc3)Oc3ccccc3O2)cc1. The van der Waals surface area contributed by atoms with Gasteiger partial charge in [0.2, 0.25) is 0 Å². The van der Waals surface area contributed by atoms with Crippen molar-refractivity contribution < 1.29 is 8.85 Å². The Hall–Kier alpha value is -2.52. The van der Waals surface area contributed by atoms with Gasteiger partial charge in [0.1, 0.15) is 11.5 Å². The highest BCUT2D eigenvalue weighted by atomic mass is 28.4. The van der Waals surface area contributed by atoms with Gasteiger partial charge in [0.05, 0.1) is 0 Å². The molecule has 0 aromatic heterocycles. The van der Waals surface area contributed by atoms with Gasteiger partial charge in [-0.1, -0.05) is 72.8 Å². The Balaban J connectivity index is 1.90. The van der Waals surface area contributed by atoms with Crippen LogP contribution in [0.2, 0.25) is 0 Å². The first-order valence-corrected chi connectivity index (χ1v) is 8.78. The van der Waals surface area contributed by atoms with Crippen LogP contribution in [0.15, 0.2) is 84.9 Å².